The predicted octanol–water partition coefficient (Wildman–Crippen LogP) is 2.77. The lowest BCUT2D eigenvalue weighted by atomic mass is 10.2. The number of ether oxygens (including phenoxy) is 1. The third-order valence-corrected chi connectivity index (χ3v) is 3.97. The first-order valence-electron chi connectivity index (χ1n) is 7.04. The number of carbonyl (C=O) groups excluding carboxylic acids is 1. The second-order valence-corrected chi connectivity index (χ2v) is 5.87. The maximum Gasteiger partial charge on any atom is 0.226 e. The summed E-state index contributed by atoms with van der Waals surface area (Å²) in [4.78, 5) is 14.0. The van der Waals surface area contributed by atoms with E-state index in [4.69, 9.17) is 4.74 Å². The molecule has 0 aromatic heterocycles. The van der Waals surface area contributed by atoms with Gasteiger partial charge in [-0.1, -0.05) is 6.07 Å². The van der Waals surface area contributed by atoms with Gasteiger partial charge in [-0.2, -0.15) is 0 Å². The largest absolute Gasteiger partial charge is 0.492 e. The van der Waals surface area contributed by atoms with Gasteiger partial charge in [0.2, 0.25) is 5.91 Å². The van der Waals surface area contributed by atoms with Crippen LogP contribution < -0.4 is 10.1 Å². The quantitative estimate of drug-likeness (QED) is 0.877. The molecule has 1 aliphatic heterocycles. The molecular weight excluding hydrogens is 356 g/mol. The summed E-state index contributed by atoms with van der Waals surface area (Å²) in [6.45, 7) is 5.98. The molecular formula is C15H22BrClN2O2. The van der Waals surface area contributed by atoms with Gasteiger partial charge in [0.25, 0.3) is 0 Å². The van der Waals surface area contributed by atoms with Crippen molar-refractivity contribution in [3.8, 4) is 5.75 Å². The Labute approximate surface area is 140 Å². The number of carbonyl (C=O) groups is 1. The van der Waals surface area contributed by atoms with Crippen molar-refractivity contribution in [1.82, 2.24) is 10.2 Å². The molecule has 0 spiro atoms. The number of hydrogen-bond donors (Lipinski definition) is 1. The number of aryl methyl sites for hydroxylation is 1. The molecule has 6 heteroatoms. The average molecular weight is 378 g/mol. The van der Waals surface area contributed by atoms with Crippen LogP contribution in [0.5, 0.6) is 5.75 Å². The highest BCUT2D eigenvalue weighted by molar-refractivity contribution is 9.10. The van der Waals surface area contributed by atoms with Crippen LogP contribution in [-0.4, -0.2) is 43.6 Å². The van der Waals surface area contributed by atoms with Crippen LogP contribution in [0.3, 0.4) is 0 Å². The summed E-state index contributed by atoms with van der Waals surface area (Å²) in [5.41, 5.74) is 1.18. The Morgan fingerprint density at radius 3 is 2.95 bits per heavy atom. The van der Waals surface area contributed by atoms with Gasteiger partial charge < -0.3 is 15.0 Å². The zero-order chi connectivity index (χ0) is 14.4. The van der Waals surface area contributed by atoms with Crippen molar-refractivity contribution < 1.29 is 9.53 Å². The first-order chi connectivity index (χ1) is 9.66. The Balaban J connectivity index is 0.00000220. The van der Waals surface area contributed by atoms with Gasteiger partial charge in [-0.3, -0.25) is 4.79 Å². The minimum Gasteiger partial charge on any atom is -0.492 e. The summed E-state index contributed by atoms with van der Waals surface area (Å²) < 4.78 is 6.61. The number of benzene rings is 1. The van der Waals surface area contributed by atoms with Crippen LogP contribution in [0.4, 0.5) is 0 Å². The fraction of sp³-hybridized carbons (Fsp3) is 0.533. The number of rotatable bonds is 4. The molecule has 1 saturated heterocycles. The number of nitrogens with one attached hydrogen (secondary N) is 1. The van der Waals surface area contributed by atoms with E-state index in [-0.39, 0.29) is 18.3 Å². The maximum absolute atomic E-state index is 12.1. The molecule has 21 heavy (non-hydrogen) atoms. The number of halogens is 2. The van der Waals surface area contributed by atoms with Gasteiger partial charge in [0.15, 0.2) is 0 Å². The molecule has 1 aromatic rings. The van der Waals surface area contributed by atoms with Crippen LogP contribution in [0.15, 0.2) is 22.7 Å². The summed E-state index contributed by atoms with van der Waals surface area (Å²) in [6.07, 6.45) is 1.45. The van der Waals surface area contributed by atoms with Gasteiger partial charge in [0.1, 0.15) is 5.75 Å². The average Bonchev–Trinajstić information content (AvgIpc) is 2.70. The molecule has 1 N–H and O–H groups in total. The van der Waals surface area contributed by atoms with Crippen molar-refractivity contribution in [3.63, 3.8) is 0 Å². The van der Waals surface area contributed by atoms with E-state index in [9.17, 15) is 4.79 Å². The van der Waals surface area contributed by atoms with E-state index >= 15 is 0 Å². The van der Waals surface area contributed by atoms with Crippen molar-refractivity contribution >= 4 is 34.2 Å². The van der Waals surface area contributed by atoms with E-state index < -0.39 is 0 Å². The van der Waals surface area contributed by atoms with E-state index in [1.807, 2.05) is 30.0 Å². The third-order valence-electron chi connectivity index (χ3n) is 3.35. The van der Waals surface area contributed by atoms with E-state index in [1.54, 1.807) is 0 Å². The molecule has 0 bridgehead atoms. The van der Waals surface area contributed by atoms with E-state index in [0.29, 0.717) is 13.0 Å². The van der Waals surface area contributed by atoms with E-state index in [0.717, 1.165) is 42.8 Å². The molecule has 1 fully saturated rings. The van der Waals surface area contributed by atoms with E-state index in [2.05, 4.69) is 21.2 Å². The Morgan fingerprint density at radius 2 is 2.19 bits per heavy atom. The lowest BCUT2D eigenvalue weighted by Gasteiger charge is -2.20. The standard InChI is InChI=1S/C15H21BrN2O2.ClH/c1-12-3-4-14(13(16)11-12)20-10-5-15(19)18-8-2-6-17-7-9-18;/h3-4,11,17H,2,5-10H2,1H3;1H. The van der Waals surface area contributed by atoms with Crippen LogP contribution in [0.25, 0.3) is 0 Å². The molecule has 1 amide bonds. The molecule has 0 saturated carbocycles. The molecule has 0 atom stereocenters. The zero-order valence-electron chi connectivity index (χ0n) is 12.2. The molecule has 0 unspecified atom stereocenters. The monoisotopic (exact) mass is 376 g/mol. The summed E-state index contributed by atoms with van der Waals surface area (Å²) in [6, 6.07) is 5.94. The van der Waals surface area contributed by atoms with Gasteiger partial charge in [-0.25, -0.2) is 0 Å². The number of hydrogen-bond acceptors (Lipinski definition) is 3. The fourth-order valence-electron chi connectivity index (χ4n) is 2.22. The van der Waals surface area contributed by atoms with Crippen molar-refractivity contribution in [1.29, 1.82) is 0 Å². The lowest BCUT2D eigenvalue weighted by molar-refractivity contribution is -0.131. The summed E-state index contributed by atoms with van der Waals surface area (Å²) in [5, 5.41) is 3.30. The van der Waals surface area contributed by atoms with Crippen molar-refractivity contribution in [2.45, 2.75) is 19.8 Å². The van der Waals surface area contributed by atoms with Crippen molar-refractivity contribution in [2.24, 2.45) is 0 Å². The smallest absolute Gasteiger partial charge is 0.226 e. The first kappa shape index (κ1) is 18.3. The molecule has 2 rings (SSSR count). The lowest BCUT2D eigenvalue weighted by Crippen LogP contribution is -2.34. The molecule has 4 nitrogen and oxygen atoms in total. The van der Waals surface area contributed by atoms with Crippen molar-refractivity contribution in [2.75, 3.05) is 32.8 Å². The SMILES string of the molecule is Cc1ccc(OCCC(=O)N2CCCNCC2)c(Br)c1.Cl. The van der Waals surface area contributed by atoms with Gasteiger partial charge >= 0.3 is 0 Å². The summed E-state index contributed by atoms with van der Waals surface area (Å²) in [7, 11) is 0. The second kappa shape index (κ2) is 9.28. The Bertz CT molecular complexity index is 463. The zero-order valence-corrected chi connectivity index (χ0v) is 14.6. The highest BCUT2D eigenvalue weighted by Crippen LogP contribution is 2.25. The predicted molar refractivity (Wildman–Crippen MR) is 90.3 cm³/mol. The van der Waals surface area contributed by atoms with Crippen LogP contribution in [0.1, 0.15) is 18.4 Å². The highest BCUT2D eigenvalue weighted by Gasteiger charge is 2.15. The molecule has 0 aliphatic carbocycles. The normalized spacial score (nSPS) is 15.0. The molecule has 118 valence electrons. The van der Waals surface area contributed by atoms with Gasteiger partial charge in [-0.05, 0) is 53.5 Å². The van der Waals surface area contributed by atoms with Crippen LogP contribution in [-0.2, 0) is 4.79 Å². The second-order valence-electron chi connectivity index (χ2n) is 5.02. The van der Waals surface area contributed by atoms with Crippen LogP contribution in [0, 0.1) is 6.92 Å². The van der Waals surface area contributed by atoms with Gasteiger partial charge in [-0.15, -0.1) is 12.4 Å². The van der Waals surface area contributed by atoms with Crippen molar-refractivity contribution in [3.05, 3.63) is 28.2 Å². The molecule has 1 heterocycles. The Hall–Kier alpha value is -0.780. The van der Waals surface area contributed by atoms with Gasteiger partial charge in [0, 0.05) is 19.6 Å². The van der Waals surface area contributed by atoms with Crippen LogP contribution >= 0.6 is 28.3 Å². The molecule has 0 radical (unpaired) electrons. The minimum atomic E-state index is 0. The van der Waals surface area contributed by atoms with Gasteiger partial charge in [0.05, 0.1) is 17.5 Å². The third kappa shape index (κ3) is 5.85. The molecule has 1 aliphatic rings. The topological polar surface area (TPSA) is 41.6 Å². The summed E-state index contributed by atoms with van der Waals surface area (Å²) in [5.74, 6) is 0.970. The number of nitrogens with zero attached hydrogens (tertiary/aromatic N) is 1. The maximum atomic E-state index is 12.1. The minimum absolute atomic E-state index is 0. The summed E-state index contributed by atoms with van der Waals surface area (Å²) >= 11 is 3.47. The Morgan fingerprint density at radius 1 is 1.38 bits per heavy atom. The molecule has 1 aromatic carbocycles. The fourth-order valence-corrected chi connectivity index (χ4v) is 2.83. The number of amides is 1. The highest BCUT2D eigenvalue weighted by atomic mass is 79.9. The van der Waals surface area contributed by atoms with Crippen LogP contribution in [0.2, 0.25) is 0 Å². The first-order valence-corrected chi connectivity index (χ1v) is 7.83. The van der Waals surface area contributed by atoms with E-state index in [1.165, 1.54) is 5.56 Å². The Kier molecular flexibility index (Phi) is 8.07.